The maximum absolute atomic E-state index is 12.8. The van der Waals surface area contributed by atoms with E-state index in [9.17, 15) is 14.0 Å². The van der Waals surface area contributed by atoms with Crippen molar-refractivity contribution in [3.8, 4) is 5.75 Å². The summed E-state index contributed by atoms with van der Waals surface area (Å²) in [5.74, 6) is -1.73. The van der Waals surface area contributed by atoms with Crippen LogP contribution >= 0.6 is 0 Å². The zero-order chi connectivity index (χ0) is 12.8. The Hall–Kier alpha value is -1.91. The quantitative estimate of drug-likeness (QED) is 0.448. The molecule has 0 saturated carbocycles. The topological polar surface area (TPSA) is 52.6 Å². The van der Waals surface area contributed by atoms with Crippen LogP contribution in [0.5, 0.6) is 5.75 Å². The summed E-state index contributed by atoms with van der Waals surface area (Å²) < 4.78 is 22.3. The second kappa shape index (κ2) is 5.98. The van der Waals surface area contributed by atoms with E-state index in [1.54, 1.807) is 13.0 Å². The molecule has 1 rings (SSSR count). The lowest BCUT2D eigenvalue weighted by atomic mass is 10.0. The molecule has 17 heavy (non-hydrogen) atoms. The van der Waals surface area contributed by atoms with Crippen LogP contribution in [-0.4, -0.2) is 25.5 Å². The van der Waals surface area contributed by atoms with Gasteiger partial charge in [-0.3, -0.25) is 4.79 Å². The predicted octanol–water partition coefficient (Wildman–Crippen LogP) is 1.91. The number of rotatable bonds is 5. The van der Waals surface area contributed by atoms with E-state index in [0.29, 0.717) is 0 Å². The van der Waals surface area contributed by atoms with Gasteiger partial charge < -0.3 is 9.47 Å². The minimum Gasteiger partial charge on any atom is -0.496 e. The minimum atomic E-state index is -1.01. The summed E-state index contributed by atoms with van der Waals surface area (Å²) in [4.78, 5) is 23.1. The van der Waals surface area contributed by atoms with Crippen LogP contribution in [0.2, 0.25) is 0 Å². The average molecular weight is 240 g/mol. The largest absolute Gasteiger partial charge is 0.496 e. The molecule has 0 atom stereocenters. The van der Waals surface area contributed by atoms with E-state index in [2.05, 4.69) is 4.74 Å². The number of carbonyl (C=O) groups is 2. The van der Waals surface area contributed by atoms with Crippen LogP contribution in [0.4, 0.5) is 4.39 Å². The van der Waals surface area contributed by atoms with Gasteiger partial charge in [-0.15, -0.1) is 0 Å². The van der Waals surface area contributed by atoms with Crippen LogP contribution in [0.15, 0.2) is 18.2 Å². The first kappa shape index (κ1) is 13.2. The van der Waals surface area contributed by atoms with Gasteiger partial charge in [0, 0.05) is 0 Å². The van der Waals surface area contributed by atoms with Gasteiger partial charge >= 0.3 is 5.97 Å². The fourth-order valence-corrected chi connectivity index (χ4v) is 1.41. The number of carbonyl (C=O) groups excluding carboxylic acids is 2. The highest BCUT2D eigenvalue weighted by Crippen LogP contribution is 2.24. The molecule has 0 unspecified atom stereocenters. The van der Waals surface area contributed by atoms with Gasteiger partial charge in [0.25, 0.3) is 5.78 Å². The molecule has 0 N–H and O–H groups in total. The van der Waals surface area contributed by atoms with Crippen LogP contribution < -0.4 is 4.74 Å². The van der Waals surface area contributed by atoms with Gasteiger partial charge in [-0.05, 0) is 18.6 Å². The van der Waals surface area contributed by atoms with E-state index >= 15 is 0 Å². The highest BCUT2D eigenvalue weighted by Gasteiger charge is 2.24. The van der Waals surface area contributed by atoms with Crippen molar-refractivity contribution in [3.63, 3.8) is 0 Å². The first-order chi connectivity index (χ1) is 8.15. The first-order valence-corrected chi connectivity index (χ1v) is 5.09. The Labute approximate surface area is 98.3 Å². The molecular weight excluding hydrogens is 227 g/mol. The van der Waals surface area contributed by atoms with Gasteiger partial charge in [-0.25, -0.2) is 9.18 Å². The fraction of sp³-hybridized carbons (Fsp3) is 0.333. The van der Waals surface area contributed by atoms with Crippen molar-refractivity contribution in [1.82, 2.24) is 0 Å². The maximum atomic E-state index is 12.8. The normalized spacial score (nSPS) is 9.82. The van der Waals surface area contributed by atoms with Gasteiger partial charge in [-0.1, -0.05) is 12.1 Å². The molecule has 5 heteroatoms. The third-order valence-corrected chi connectivity index (χ3v) is 2.16. The van der Waals surface area contributed by atoms with E-state index in [-0.39, 0.29) is 23.5 Å². The van der Waals surface area contributed by atoms with Crippen molar-refractivity contribution >= 4 is 11.8 Å². The van der Waals surface area contributed by atoms with Gasteiger partial charge in [0.2, 0.25) is 0 Å². The van der Waals surface area contributed by atoms with E-state index in [1.807, 2.05) is 0 Å². The number of Topliss-reactive ketones (excluding diaryl/α,β-unsaturated/α-hetero) is 1. The SMILES string of the molecule is CCOC(=O)C(=O)c1c(CF)cccc1OC. The van der Waals surface area contributed by atoms with Crippen LogP contribution in [0, 0.1) is 0 Å². The molecule has 0 aliphatic rings. The summed E-state index contributed by atoms with van der Waals surface area (Å²) in [7, 11) is 1.35. The number of esters is 1. The highest BCUT2D eigenvalue weighted by molar-refractivity contribution is 6.41. The number of hydrogen-bond donors (Lipinski definition) is 0. The predicted molar refractivity (Wildman–Crippen MR) is 58.8 cm³/mol. The Balaban J connectivity index is 3.18. The van der Waals surface area contributed by atoms with Crippen molar-refractivity contribution < 1.29 is 23.5 Å². The molecule has 0 aromatic heterocycles. The van der Waals surface area contributed by atoms with Crippen LogP contribution in [-0.2, 0) is 16.2 Å². The number of alkyl halides is 1. The standard InChI is InChI=1S/C12H13FO4/c1-3-17-12(15)11(14)10-8(7-13)5-4-6-9(10)16-2/h4-6H,3,7H2,1-2H3. The zero-order valence-electron chi connectivity index (χ0n) is 9.66. The number of methoxy groups -OCH3 is 1. The summed E-state index contributed by atoms with van der Waals surface area (Å²) in [6.07, 6.45) is 0. The minimum absolute atomic E-state index is 0.0732. The molecule has 0 bridgehead atoms. The number of ketones is 1. The van der Waals surface area contributed by atoms with Crippen molar-refractivity contribution in [1.29, 1.82) is 0 Å². The molecule has 1 aromatic rings. The van der Waals surface area contributed by atoms with Gasteiger partial charge in [0.1, 0.15) is 12.4 Å². The van der Waals surface area contributed by atoms with E-state index in [4.69, 9.17) is 4.74 Å². The lowest BCUT2D eigenvalue weighted by molar-refractivity contribution is -0.137. The molecule has 0 aliphatic carbocycles. The second-order valence-corrected chi connectivity index (χ2v) is 3.18. The Morgan fingerprint density at radius 1 is 1.35 bits per heavy atom. The van der Waals surface area contributed by atoms with Crippen LogP contribution in [0.3, 0.4) is 0 Å². The molecule has 0 fully saturated rings. The monoisotopic (exact) mass is 240 g/mol. The number of benzene rings is 1. The summed E-state index contributed by atoms with van der Waals surface area (Å²) >= 11 is 0. The number of hydrogen-bond acceptors (Lipinski definition) is 4. The first-order valence-electron chi connectivity index (χ1n) is 5.09. The molecule has 92 valence electrons. The Bertz CT molecular complexity index is 406. The van der Waals surface area contributed by atoms with E-state index < -0.39 is 18.4 Å². The highest BCUT2D eigenvalue weighted by atomic mass is 19.1. The Kier molecular flexibility index (Phi) is 4.63. The molecule has 0 aliphatic heterocycles. The third kappa shape index (κ3) is 2.81. The zero-order valence-corrected chi connectivity index (χ0v) is 9.66. The summed E-state index contributed by atoms with van der Waals surface area (Å²) in [6, 6.07) is 4.47. The van der Waals surface area contributed by atoms with Crippen molar-refractivity contribution in [2.24, 2.45) is 0 Å². The smallest absolute Gasteiger partial charge is 0.379 e. The molecule has 0 radical (unpaired) electrons. The van der Waals surface area contributed by atoms with Crippen molar-refractivity contribution in [3.05, 3.63) is 29.3 Å². The van der Waals surface area contributed by atoms with Crippen LogP contribution in [0.25, 0.3) is 0 Å². The second-order valence-electron chi connectivity index (χ2n) is 3.18. The van der Waals surface area contributed by atoms with Gasteiger partial charge in [0.15, 0.2) is 0 Å². The van der Waals surface area contributed by atoms with Gasteiger partial charge in [-0.2, -0.15) is 0 Å². The third-order valence-electron chi connectivity index (χ3n) is 2.16. The Morgan fingerprint density at radius 2 is 2.06 bits per heavy atom. The molecule has 0 amide bonds. The lowest BCUT2D eigenvalue weighted by Crippen LogP contribution is -2.19. The molecule has 1 aromatic carbocycles. The fourth-order valence-electron chi connectivity index (χ4n) is 1.41. The summed E-state index contributed by atoms with van der Waals surface area (Å²) in [5, 5.41) is 0. The molecule has 0 saturated heterocycles. The van der Waals surface area contributed by atoms with Crippen molar-refractivity contribution in [2.75, 3.05) is 13.7 Å². The molecule has 0 heterocycles. The van der Waals surface area contributed by atoms with Gasteiger partial charge in [0.05, 0.1) is 19.3 Å². The van der Waals surface area contributed by atoms with E-state index in [0.717, 1.165) is 0 Å². The van der Waals surface area contributed by atoms with E-state index in [1.165, 1.54) is 19.2 Å². The number of halogens is 1. The molecule has 4 nitrogen and oxygen atoms in total. The maximum Gasteiger partial charge on any atom is 0.379 e. The molecule has 0 spiro atoms. The summed E-state index contributed by atoms with van der Waals surface area (Å²) in [6.45, 7) is 0.825. The Morgan fingerprint density at radius 3 is 2.59 bits per heavy atom. The van der Waals surface area contributed by atoms with Crippen molar-refractivity contribution in [2.45, 2.75) is 13.6 Å². The average Bonchev–Trinajstić information content (AvgIpc) is 2.37. The molecular formula is C12H13FO4. The van der Waals surface area contributed by atoms with Crippen LogP contribution in [0.1, 0.15) is 22.8 Å². The summed E-state index contributed by atoms with van der Waals surface area (Å²) in [5.41, 5.74) is 0.0401. The lowest BCUT2D eigenvalue weighted by Gasteiger charge is -2.10. The number of ether oxygens (including phenoxy) is 2.